The molecule has 1 aliphatic heterocycles. The minimum atomic E-state index is -3.29. The number of benzene rings is 2. The second kappa shape index (κ2) is 12.1. The number of amides is 2. The van der Waals surface area contributed by atoms with Crippen LogP contribution in [0.3, 0.4) is 0 Å². The Kier molecular flexibility index (Phi) is 8.94. The highest BCUT2D eigenvalue weighted by Crippen LogP contribution is 2.40. The number of rotatable bonds is 11. The number of halogens is 1. The number of carbonyl (C=O) groups is 2. The first kappa shape index (κ1) is 27.2. The van der Waals surface area contributed by atoms with Gasteiger partial charge in [-0.25, -0.2) is 12.8 Å². The zero-order valence-corrected chi connectivity index (χ0v) is 21.9. The van der Waals surface area contributed by atoms with Gasteiger partial charge in [-0.3, -0.25) is 9.59 Å². The van der Waals surface area contributed by atoms with E-state index in [4.69, 9.17) is 0 Å². The van der Waals surface area contributed by atoms with Gasteiger partial charge in [0.05, 0.1) is 6.26 Å². The first-order valence-corrected chi connectivity index (χ1v) is 14.7. The van der Waals surface area contributed by atoms with Crippen molar-refractivity contribution in [2.45, 2.75) is 43.7 Å². The van der Waals surface area contributed by atoms with Crippen LogP contribution in [0.4, 0.5) is 4.39 Å². The molecule has 1 aliphatic carbocycles. The summed E-state index contributed by atoms with van der Waals surface area (Å²) in [4.78, 5) is 27.8. The van der Waals surface area contributed by atoms with Gasteiger partial charge in [-0.05, 0) is 62.1 Å². The van der Waals surface area contributed by atoms with Crippen molar-refractivity contribution in [1.29, 1.82) is 0 Å². The topological polar surface area (TPSA) is 98.8 Å². The molecule has 0 spiro atoms. The molecule has 10 heteroatoms. The van der Waals surface area contributed by atoms with Crippen molar-refractivity contribution in [3.05, 3.63) is 71.5 Å². The van der Waals surface area contributed by atoms with Crippen molar-refractivity contribution in [2.24, 2.45) is 0 Å². The molecule has 200 valence electrons. The predicted octanol–water partition coefficient (Wildman–Crippen LogP) is 2.34. The Labute approximate surface area is 218 Å². The fourth-order valence-corrected chi connectivity index (χ4v) is 5.64. The average molecular weight is 531 g/mol. The van der Waals surface area contributed by atoms with Gasteiger partial charge in [-0.15, -0.1) is 0 Å². The molecule has 2 aromatic carbocycles. The molecule has 37 heavy (non-hydrogen) atoms. The SMILES string of the molecule is CS(=O)(=O)N1CCN(C(=O)C(CCCCNC2CC2c2ccc(F)cc2)NC(=O)c2ccccc2)CC1. The Morgan fingerprint density at radius 1 is 1.00 bits per heavy atom. The third kappa shape index (κ3) is 7.59. The summed E-state index contributed by atoms with van der Waals surface area (Å²) < 4.78 is 38.1. The number of nitrogens with one attached hydrogen (secondary N) is 2. The van der Waals surface area contributed by atoms with Gasteiger partial charge in [-0.2, -0.15) is 4.31 Å². The Bertz CT molecular complexity index is 1170. The Morgan fingerprint density at radius 2 is 1.68 bits per heavy atom. The summed E-state index contributed by atoms with van der Waals surface area (Å²) in [6.07, 6.45) is 4.29. The zero-order chi connectivity index (χ0) is 26.4. The Hall–Kier alpha value is -2.82. The second-order valence-electron chi connectivity index (χ2n) is 9.83. The molecule has 3 unspecified atom stereocenters. The highest BCUT2D eigenvalue weighted by atomic mass is 32.2. The van der Waals surface area contributed by atoms with Crippen molar-refractivity contribution in [3.8, 4) is 0 Å². The van der Waals surface area contributed by atoms with E-state index in [0.29, 0.717) is 37.0 Å². The summed E-state index contributed by atoms with van der Waals surface area (Å²) in [6.45, 7) is 1.91. The second-order valence-corrected chi connectivity index (χ2v) is 11.8. The molecule has 2 N–H and O–H groups in total. The van der Waals surface area contributed by atoms with Crippen LogP contribution in [0.25, 0.3) is 0 Å². The number of sulfonamides is 1. The average Bonchev–Trinajstić information content (AvgIpc) is 3.67. The number of piperazine rings is 1. The molecule has 0 radical (unpaired) electrons. The molecule has 2 aromatic rings. The van der Waals surface area contributed by atoms with Crippen molar-refractivity contribution in [3.63, 3.8) is 0 Å². The van der Waals surface area contributed by atoms with Crippen molar-refractivity contribution in [2.75, 3.05) is 39.0 Å². The van der Waals surface area contributed by atoms with Gasteiger partial charge in [-0.1, -0.05) is 30.3 Å². The molecule has 3 atom stereocenters. The van der Waals surface area contributed by atoms with E-state index in [1.165, 1.54) is 22.7 Å². The fourth-order valence-electron chi connectivity index (χ4n) is 4.81. The maximum Gasteiger partial charge on any atom is 0.251 e. The first-order valence-electron chi connectivity index (χ1n) is 12.8. The molecule has 1 saturated heterocycles. The van der Waals surface area contributed by atoms with Crippen LogP contribution in [0.2, 0.25) is 0 Å². The van der Waals surface area contributed by atoms with E-state index in [1.807, 2.05) is 18.2 Å². The summed E-state index contributed by atoms with van der Waals surface area (Å²) >= 11 is 0. The van der Waals surface area contributed by atoms with Crippen molar-refractivity contribution in [1.82, 2.24) is 19.8 Å². The molecular formula is C27H35FN4O4S. The Morgan fingerprint density at radius 3 is 2.32 bits per heavy atom. The summed E-state index contributed by atoms with van der Waals surface area (Å²) in [5, 5.41) is 6.44. The van der Waals surface area contributed by atoms with Crippen LogP contribution in [-0.4, -0.2) is 80.5 Å². The molecule has 0 aromatic heterocycles. The normalized spacial score (nSPS) is 20.9. The van der Waals surface area contributed by atoms with E-state index < -0.39 is 16.1 Å². The quantitative estimate of drug-likeness (QED) is 0.435. The van der Waals surface area contributed by atoms with E-state index in [2.05, 4.69) is 10.6 Å². The van der Waals surface area contributed by atoms with Gasteiger partial charge in [0.25, 0.3) is 5.91 Å². The largest absolute Gasteiger partial charge is 0.340 e. The lowest BCUT2D eigenvalue weighted by Crippen LogP contribution is -2.55. The molecule has 0 bridgehead atoms. The highest BCUT2D eigenvalue weighted by Gasteiger charge is 2.37. The van der Waals surface area contributed by atoms with Crippen LogP contribution in [0.1, 0.15) is 47.5 Å². The van der Waals surface area contributed by atoms with E-state index in [1.54, 1.807) is 29.2 Å². The molecular weight excluding hydrogens is 495 g/mol. The van der Waals surface area contributed by atoms with Crippen LogP contribution >= 0.6 is 0 Å². The lowest BCUT2D eigenvalue weighted by atomic mass is 10.1. The Balaban J connectivity index is 1.27. The highest BCUT2D eigenvalue weighted by molar-refractivity contribution is 7.88. The van der Waals surface area contributed by atoms with Gasteiger partial charge in [0.2, 0.25) is 15.9 Å². The number of nitrogens with zero attached hydrogens (tertiary/aromatic N) is 2. The maximum atomic E-state index is 13.3. The number of unbranched alkanes of at least 4 members (excludes halogenated alkanes) is 1. The van der Waals surface area contributed by atoms with Crippen LogP contribution in [-0.2, 0) is 14.8 Å². The first-order chi connectivity index (χ1) is 17.7. The smallest absolute Gasteiger partial charge is 0.251 e. The van der Waals surface area contributed by atoms with E-state index >= 15 is 0 Å². The standard InChI is InChI=1S/C27H35FN4O4S/c1-37(35,36)32-17-15-31(16-18-32)27(34)24(30-26(33)21-7-3-2-4-8-21)9-5-6-14-29-25-19-23(25)20-10-12-22(28)13-11-20/h2-4,7-8,10-13,23-25,29H,5-6,9,14-19H2,1H3,(H,30,33). The zero-order valence-electron chi connectivity index (χ0n) is 21.1. The molecule has 2 aliphatic rings. The molecule has 2 amide bonds. The third-order valence-electron chi connectivity index (χ3n) is 7.07. The maximum absolute atomic E-state index is 13.3. The minimum absolute atomic E-state index is 0.177. The van der Waals surface area contributed by atoms with E-state index in [-0.39, 0.29) is 30.7 Å². The lowest BCUT2D eigenvalue weighted by Gasteiger charge is -2.35. The molecule has 1 saturated carbocycles. The minimum Gasteiger partial charge on any atom is -0.340 e. The van der Waals surface area contributed by atoms with Crippen LogP contribution < -0.4 is 10.6 Å². The number of carbonyl (C=O) groups excluding carboxylic acids is 2. The van der Waals surface area contributed by atoms with Crippen LogP contribution in [0.15, 0.2) is 54.6 Å². The molecule has 4 rings (SSSR count). The van der Waals surface area contributed by atoms with Crippen molar-refractivity contribution >= 4 is 21.8 Å². The fraction of sp³-hybridized carbons (Fsp3) is 0.481. The molecule has 2 fully saturated rings. The molecule has 1 heterocycles. The summed E-state index contributed by atoms with van der Waals surface area (Å²) in [6, 6.07) is 15.2. The van der Waals surface area contributed by atoms with Crippen LogP contribution in [0.5, 0.6) is 0 Å². The van der Waals surface area contributed by atoms with E-state index in [0.717, 1.165) is 31.4 Å². The van der Waals surface area contributed by atoms with Gasteiger partial charge in [0.15, 0.2) is 0 Å². The van der Waals surface area contributed by atoms with E-state index in [9.17, 15) is 22.4 Å². The summed E-state index contributed by atoms with van der Waals surface area (Å²) in [5.41, 5.74) is 1.63. The number of hydrogen-bond acceptors (Lipinski definition) is 5. The van der Waals surface area contributed by atoms with Crippen molar-refractivity contribution < 1.29 is 22.4 Å². The third-order valence-corrected chi connectivity index (χ3v) is 8.38. The van der Waals surface area contributed by atoms with Gasteiger partial charge in [0.1, 0.15) is 11.9 Å². The predicted molar refractivity (Wildman–Crippen MR) is 140 cm³/mol. The van der Waals surface area contributed by atoms with Crippen LogP contribution in [0, 0.1) is 5.82 Å². The lowest BCUT2D eigenvalue weighted by molar-refractivity contribution is -0.134. The van der Waals surface area contributed by atoms with Gasteiger partial charge < -0.3 is 15.5 Å². The molecule has 8 nitrogen and oxygen atoms in total. The van der Waals surface area contributed by atoms with Gasteiger partial charge in [0, 0.05) is 43.7 Å². The monoisotopic (exact) mass is 530 g/mol. The number of hydrogen-bond donors (Lipinski definition) is 2. The summed E-state index contributed by atoms with van der Waals surface area (Å²) in [5.74, 6) is -0.295. The summed E-state index contributed by atoms with van der Waals surface area (Å²) in [7, 11) is -3.29. The van der Waals surface area contributed by atoms with Gasteiger partial charge >= 0.3 is 0 Å².